The zero-order valence-corrected chi connectivity index (χ0v) is 27.0. The molecule has 6 heteroatoms. The van der Waals surface area contributed by atoms with Crippen LogP contribution >= 0.6 is 0 Å². The van der Waals surface area contributed by atoms with Gasteiger partial charge in [-0.2, -0.15) is 0 Å². The Balaban J connectivity index is 1.76. The molecule has 0 heterocycles. The first-order valence-corrected chi connectivity index (χ1v) is 15.6. The van der Waals surface area contributed by atoms with Gasteiger partial charge in [0.25, 0.3) is 0 Å². The molecular weight excluding hydrogens is 560 g/mol. The fourth-order valence-corrected chi connectivity index (χ4v) is 6.56. The number of rotatable bonds is 10. The molecule has 45 heavy (non-hydrogen) atoms. The van der Waals surface area contributed by atoms with Crippen molar-refractivity contribution in [3.63, 3.8) is 0 Å². The first-order chi connectivity index (χ1) is 21.2. The minimum absolute atomic E-state index is 0.318. The van der Waals surface area contributed by atoms with Crippen LogP contribution in [0.1, 0.15) is 71.2 Å². The summed E-state index contributed by atoms with van der Waals surface area (Å²) in [6.45, 7) is 11.5. The summed E-state index contributed by atoms with van der Waals surface area (Å²) < 4.78 is 0. The van der Waals surface area contributed by atoms with Crippen molar-refractivity contribution in [1.82, 2.24) is 4.90 Å². The SMILES string of the molecule is Cc1ccc(C(O)(c2ccc(C)cc2)C(C)N(C(=O)C2(C(N)=O)CC2)C(C)C(O)(c2ccc(C)cc2)c2ccc(C)cc2)cc1. The van der Waals surface area contributed by atoms with E-state index < -0.39 is 40.5 Å². The van der Waals surface area contributed by atoms with Crippen LogP contribution in [0.5, 0.6) is 0 Å². The molecule has 234 valence electrons. The number of hydrogen-bond acceptors (Lipinski definition) is 4. The molecule has 1 aliphatic rings. The van der Waals surface area contributed by atoms with Crippen LogP contribution in [0.25, 0.3) is 0 Å². The van der Waals surface area contributed by atoms with Gasteiger partial charge < -0.3 is 20.8 Å². The number of aliphatic hydroxyl groups is 2. The summed E-state index contributed by atoms with van der Waals surface area (Å²) in [4.78, 5) is 29.2. The highest BCUT2D eigenvalue weighted by molar-refractivity contribution is 6.07. The summed E-state index contributed by atoms with van der Waals surface area (Å²) >= 11 is 0. The van der Waals surface area contributed by atoms with Crippen molar-refractivity contribution in [2.45, 2.75) is 77.7 Å². The third kappa shape index (κ3) is 5.58. The maximum atomic E-state index is 14.8. The van der Waals surface area contributed by atoms with Crippen molar-refractivity contribution in [2.24, 2.45) is 11.1 Å². The molecule has 1 fully saturated rings. The highest BCUT2D eigenvalue weighted by Crippen LogP contribution is 2.50. The lowest BCUT2D eigenvalue weighted by atomic mass is 9.75. The summed E-state index contributed by atoms with van der Waals surface area (Å²) in [5.41, 5.74) is 7.54. The van der Waals surface area contributed by atoms with Gasteiger partial charge in [0.1, 0.15) is 16.6 Å². The van der Waals surface area contributed by atoms with Crippen molar-refractivity contribution >= 4 is 11.8 Å². The van der Waals surface area contributed by atoms with Crippen molar-refractivity contribution in [3.05, 3.63) is 142 Å². The van der Waals surface area contributed by atoms with Crippen LogP contribution in [-0.2, 0) is 20.8 Å². The molecule has 0 radical (unpaired) electrons. The minimum Gasteiger partial charge on any atom is -0.378 e. The summed E-state index contributed by atoms with van der Waals surface area (Å²) in [5.74, 6) is -1.19. The summed E-state index contributed by atoms with van der Waals surface area (Å²) in [7, 11) is 0. The molecule has 4 N–H and O–H groups in total. The highest BCUT2D eigenvalue weighted by atomic mass is 16.3. The highest BCUT2D eigenvalue weighted by Gasteiger charge is 2.61. The molecule has 2 amide bonds. The maximum Gasteiger partial charge on any atom is 0.238 e. The van der Waals surface area contributed by atoms with Gasteiger partial charge >= 0.3 is 0 Å². The molecule has 4 aromatic carbocycles. The van der Waals surface area contributed by atoms with E-state index in [9.17, 15) is 19.8 Å². The number of benzene rings is 4. The van der Waals surface area contributed by atoms with E-state index in [0.717, 1.165) is 22.3 Å². The molecule has 1 aliphatic carbocycles. The number of aryl methyl sites for hydroxylation is 4. The topological polar surface area (TPSA) is 104 Å². The fraction of sp³-hybridized carbons (Fsp3) is 0.333. The Labute approximate surface area is 266 Å². The largest absolute Gasteiger partial charge is 0.378 e. The number of amides is 2. The predicted molar refractivity (Wildman–Crippen MR) is 177 cm³/mol. The van der Waals surface area contributed by atoms with Crippen molar-refractivity contribution in [3.8, 4) is 0 Å². The molecule has 6 nitrogen and oxygen atoms in total. The smallest absolute Gasteiger partial charge is 0.238 e. The summed E-state index contributed by atoms with van der Waals surface area (Å²) in [6, 6.07) is 28.5. The van der Waals surface area contributed by atoms with E-state index in [1.54, 1.807) is 13.8 Å². The standard InChI is InChI=1S/C39H44N2O4/c1-25-7-15-31(16-8-25)38(44,32-17-9-26(2)10-18-32)29(5)41(36(43)37(23-24-37)35(40)42)30(6)39(45,33-19-11-27(3)12-20-33)34-21-13-28(4)14-22-34/h7-22,29-30,44-45H,23-24H2,1-6H3,(H2,40,42). The van der Waals surface area contributed by atoms with Gasteiger partial charge in [-0.05, 0) is 76.6 Å². The van der Waals surface area contributed by atoms with Gasteiger partial charge in [0.2, 0.25) is 11.8 Å². The Morgan fingerprint density at radius 2 is 0.844 bits per heavy atom. The second-order valence-electron chi connectivity index (χ2n) is 13.0. The Morgan fingerprint density at radius 3 is 1.04 bits per heavy atom. The molecule has 2 atom stereocenters. The van der Waals surface area contributed by atoms with Gasteiger partial charge in [-0.1, -0.05) is 119 Å². The van der Waals surface area contributed by atoms with Gasteiger partial charge in [-0.25, -0.2) is 0 Å². The number of primary amides is 1. The molecule has 5 rings (SSSR count). The normalized spacial score (nSPS) is 15.6. The maximum absolute atomic E-state index is 14.8. The molecule has 0 aliphatic heterocycles. The van der Waals surface area contributed by atoms with E-state index in [-0.39, 0.29) is 0 Å². The van der Waals surface area contributed by atoms with Crippen molar-refractivity contribution < 1.29 is 19.8 Å². The zero-order chi connectivity index (χ0) is 32.7. The van der Waals surface area contributed by atoms with Crippen molar-refractivity contribution in [1.29, 1.82) is 0 Å². The average molecular weight is 605 g/mol. The monoisotopic (exact) mass is 604 g/mol. The molecular formula is C39H44N2O4. The number of hydrogen-bond donors (Lipinski definition) is 3. The van der Waals surface area contributed by atoms with E-state index in [1.165, 1.54) is 4.90 Å². The first-order valence-electron chi connectivity index (χ1n) is 15.6. The Bertz CT molecular complexity index is 1470. The Kier molecular flexibility index (Phi) is 8.51. The fourth-order valence-electron chi connectivity index (χ4n) is 6.56. The average Bonchev–Trinajstić information content (AvgIpc) is 3.84. The third-order valence-electron chi connectivity index (χ3n) is 9.88. The van der Waals surface area contributed by atoms with Gasteiger partial charge in [-0.3, -0.25) is 9.59 Å². The zero-order valence-electron chi connectivity index (χ0n) is 27.0. The van der Waals surface area contributed by atoms with Crippen LogP contribution in [-0.4, -0.2) is 39.0 Å². The molecule has 4 aromatic rings. The summed E-state index contributed by atoms with van der Waals surface area (Å²) in [5, 5.41) is 26.0. The third-order valence-corrected chi connectivity index (χ3v) is 9.88. The van der Waals surface area contributed by atoms with Crippen molar-refractivity contribution in [2.75, 3.05) is 0 Å². The van der Waals surface area contributed by atoms with E-state index in [4.69, 9.17) is 5.73 Å². The lowest BCUT2D eigenvalue weighted by Crippen LogP contribution is -2.63. The molecule has 1 saturated carbocycles. The van der Waals surface area contributed by atoms with Gasteiger partial charge in [0.05, 0.1) is 12.1 Å². The van der Waals surface area contributed by atoms with Crippen LogP contribution < -0.4 is 5.73 Å². The second-order valence-corrected chi connectivity index (χ2v) is 13.0. The number of carbonyl (C=O) groups is 2. The van der Waals surface area contributed by atoms with E-state index in [2.05, 4.69) is 0 Å². The number of carbonyl (C=O) groups excluding carboxylic acids is 2. The van der Waals surface area contributed by atoms with Crippen LogP contribution in [0.4, 0.5) is 0 Å². The molecule has 0 aromatic heterocycles. The Hall–Kier alpha value is -4.26. The number of nitrogens with two attached hydrogens (primary N) is 1. The molecule has 0 bridgehead atoms. The number of nitrogens with zero attached hydrogens (tertiary/aromatic N) is 1. The molecule has 0 saturated heterocycles. The lowest BCUT2D eigenvalue weighted by molar-refractivity contribution is -0.158. The second kappa shape index (κ2) is 11.9. The van der Waals surface area contributed by atoms with Gasteiger partial charge in [-0.15, -0.1) is 0 Å². The van der Waals surface area contributed by atoms with Crippen LogP contribution in [0.3, 0.4) is 0 Å². The van der Waals surface area contributed by atoms with Crippen LogP contribution in [0.2, 0.25) is 0 Å². The van der Waals surface area contributed by atoms with E-state index in [0.29, 0.717) is 35.1 Å². The molecule has 0 spiro atoms. The van der Waals surface area contributed by atoms with Crippen LogP contribution in [0.15, 0.2) is 97.1 Å². The summed E-state index contributed by atoms with van der Waals surface area (Å²) in [6.07, 6.45) is 0.635. The quantitative estimate of drug-likeness (QED) is 0.194. The van der Waals surface area contributed by atoms with Crippen LogP contribution in [0, 0.1) is 33.1 Å². The minimum atomic E-state index is -1.71. The lowest BCUT2D eigenvalue weighted by Gasteiger charge is -2.50. The Morgan fingerprint density at radius 1 is 0.600 bits per heavy atom. The van der Waals surface area contributed by atoms with E-state index in [1.807, 2.05) is 125 Å². The van der Waals surface area contributed by atoms with Gasteiger partial charge in [0.15, 0.2) is 0 Å². The van der Waals surface area contributed by atoms with E-state index >= 15 is 0 Å². The van der Waals surface area contributed by atoms with Gasteiger partial charge in [0, 0.05) is 0 Å². The first kappa shape index (κ1) is 32.1. The molecule has 2 unspecified atom stereocenters. The predicted octanol–water partition coefficient (Wildman–Crippen LogP) is 5.96.